The second kappa shape index (κ2) is 8.70. The van der Waals surface area contributed by atoms with Gasteiger partial charge < -0.3 is 0 Å². The molecule has 3 nitrogen and oxygen atoms in total. The van der Waals surface area contributed by atoms with E-state index in [4.69, 9.17) is 9.78 Å². The van der Waals surface area contributed by atoms with Crippen molar-refractivity contribution in [2.45, 2.75) is 52.9 Å². The molecule has 105 valence electrons. The van der Waals surface area contributed by atoms with Gasteiger partial charge in [-0.1, -0.05) is 38.8 Å². The number of hydrogen-bond donors (Lipinski definition) is 0. The molecular weight excluding hydrogens is 240 g/mol. The lowest BCUT2D eigenvalue weighted by atomic mass is 10.1. The smallest absolute Gasteiger partial charge is 0.292 e. The maximum Gasteiger partial charge on any atom is 0.373 e. The molecule has 0 aliphatic rings. The average molecular weight is 263 g/mol. The van der Waals surface area contributed by atoms with Crippen LogP contribution in [0.15, 0.2) is 24.3 Å². The molecule has 0 unspecified atom stereocenters. The monoisotopic (exact) mass is 263 g/mol. The number of benzene rings is 1. The molecule has 1 aromatic carbocycles. The number of hydrogen-bond acceptors (Lipinski definition) is 3. The Kier molecular flexibility index (Phi) is 7.19. The van der Waals surface area contributed by atoms with Crippen LogP contribution < -0.4 is 0 Å². The fraction of sp³-hybridized carbons (Fsp3) is 0.500. The average Bonchev–Trinajstić information content (AvgIpc) is 2.45. The summed E-state index contributed by atoms with van der Waals surface area (Å²) in [5, 5.41) is 0. The minimum absolute atomic E-state index is 0.451. The van der Waals surface area contributed by atoms with Gasteiger partial charge in [0.15, 0.2) is 0 Å². The Morgan fingerprint density at radius 2 is 1.74 bits per heavy atom. The standard InChI is InChI=1S/C16H23O3/c1-4-6-7-8-14-9-11-15(12-10-14)16(17)19-18-13(3)5-2/h9-12H,4-8H2,1-3H3. The first-order valence-corrected chi connectivity index (χ1v) is 6.97. The molecule has 19 heavy (non-hydrogen) atoms. The summed E-state index contributed by atoms with van der Waals surface area (Å²) in [5.41, 5.74) is 1.77. The van der Waals surface area contributed by atoms with Crippen LogP contribution in [0.1, 0.15) is 62.4 Å². The van der Waals surface area contributed by atoms with Crippen LogP contribution in [0.2, 0.25) is 0 Å². The number of aryl methyl sites for hydroxylation is 1. The van der Waals surface area contributed by atoms with Crippen molar-refractivity contribution >= 4 is 5.97 Å². The minimum Gasteiger partial charge on any atom is -0.292 e. The predicted octanol–water partition coefficient (Wildman–Crippen LogP) is 4.47. The van der Waals surface area contributed by atoms with Gasteiger partial charge in [0.2, 0.25) is 0 Å². The van der Waals surface area contributed by atoms with Crippen molar-refractivity contribution in [1.82, 2.24) is 0 Å². The zero-order chi connectivity index (χ0) is 14.1. The normalized spacial score (nSPS) is 10.7. The molecule has 0 N–H and O–H groups in total. The maximum atomic E-state index is 11.7. The molecule has 0 heterocycles. The molecule has 0 atom stereocenters. The summed E-state index contributed by atoms with van der Waals surface area (Å²) in [6, 6.07) is 7.52. The molecule has 0 fully saturated rings. The molecule has 0 aliphatic heterocycles. The third-order valence-electron chi connectivity index (χ3n) is 3.02. The summed E-state index contributed by atoms with van der Waals surface area (Å²) in [5.74, 6) is -0.451. The summed E-state index contributed by atoms with van der Waals surface area (Å²) in [7, 11) is 0. The van der Waals surface area contributed by atoms with E-state index >= 15 is 0 Å². The largest absolute Gasteiger partial charge is 0.373 e. The van der Waals surface area contributed by atoms with E-state index in [0.717, 1.165) is 12.8 Å². The number of unbranched alkanes of at least 4 members (excludes halogenated alkanes) is 2. The Morgan fingerprint density at radius 1 is 1.05 bits per heavy atom. The van der Waals surface area contributed by atoms with Crippen molar-refractivity contribution in [3.8, 4) is 0 Å². The molecule has 0 amide bonds. The quantitative estimate of drug-likeness (QED) is 0.394. The van der Waals surface area contributed by atoms with Crippen LogP contribution in [0.25, 0.3) is 0 Å². The zero-order valence-corrected chi connectivity index (χ0v) is 12.1. The van der Waals surface area contributed by atoms with E-state index in [1.807, 2.05) is 19.1 Å². The fourth-order valence-electron chi connectivity index (χ4n) is 1.60. The van der Waals surface area contributed by atoms with Gasteiger partial charge in [-0.05, 0) is 43.9 Å². The van der Waals surface area contributed by atoms with Gasteiger partial charge in [-0.15, -0.1) is 0 Å². The van der Waals surface area contributed by atoms with E-state index in [-0.39, 0.29) is 0 Å². The zero-order valence-electron chi connectivity index (χ0n) is 12.1. The fourth-order valence-corrected chi connectivity index (χ4v) is 1.60. The highest BCUT2D eigenvalue weighted by Gasteiger charge is 2.10. The molecule has 0 saturated heterocycles. The Balaban J connectivity index is 2.44. The molecule has 0 aliphatic carbocycles. The van der Waals surface area contributed by atoms with Gasteiger partial charge in [-0.2, -0.15) is 4.89 Å². The van der Waals surface area contributed by atoms with Gasteiger partial charge >= 0.3 is 5.97 Å². The van der Waals surface area contributed by atoms with Crippen LogP contribution in [-0.4, -0.2) is 5.97 Å². The lowest BCUT2D eigenvalue weighted by molar-refractivity contribution is -0.232. The molecule has 1 rings (SSSR count). The SMILES string of the molecule is CCCCCc1ccc(C(=O)OO[C](C)CC)cc1. The van der Waals surface area contributed by atoms with Gasteiger partial charge in [0.05, 0.1) is 5.56 Å². The Bertz CT molecular complexity index is 370. The lowest BCUT2D eigenvalue weighted by Gasteiger charge is -2.08. The third kappa shape index (κ3) is 5.88. The van der Waals surface area contributed by atoms with Crippen molar-refractivity contribution in [3.05, 3.63) is 41.5 Å². The van der Waals surface area contributed by atoms with Crippen LogP contribution in [0.3, 0.4) is 0 Å². The Labute approximate surface area is 115 Å². The van der Waals surface area contributed by atoms with Gasteiger partial charge in [-0.3, -0.25) is 4.89 Å². The summed E-state index contributed by atoms with van der Waals surface area (Å²) < 4.78 is 0. The Morgan fingerprint density at radius 3 is 2.32 bits per heavy atom. The van der Waals surface area contributed by atoms with Crippen molar-refractivity contribution in [2.75, 3.05) is 0 Å². The Hall–Kier alpha value is -1.35. The summed E-state index contributed by atoms with van der Waals surface area (Å²) >= 11 is 0. The van der Waals surface area contributed by atoms with E-state index in [2.05, 4.69) is 6.92 Å². The molecule has 0 bridgehead atoms. The molecule has 0 spiro atoms. The topological polar surface area (TPSA) is 35.5 Å². The van der Waals surface area contributed by atoms with Crippen LogP contribution in [-0.2, 0) is 16.2 Å². The van der Waals surface area contributed by atoms with Crippen LogP contribution in [0.5, 0.6) is 0 Å². The summed E-state index contributed by atoms with van der Waals surface area (Å²) in [4.78, 5) is 21.3. The first-order valence-electron chi connectivity index (χ1n) is 6.97. The van der Waals surface area contributed by atoms with E-state index in [1.54, 1.807) is 19.1 Å². The van der Waals surface area contributed by atoms with Crippen molar-refractivity contribution in [3.63, 3.8) is 0 Å². The van der Waals surface area contributed by atoms with E-state index in [1.165, 1.54) is 24.8 Å². The van der Waals surface area contributed by atoms with Crippen LogP contribution >= 0.6 is 0 Å². The van der Waals surface area contributed by atoms with Crippen LogP contribution in [0, 0.1) is 6.10 Å². The molecule has 1 radical (unpaired) electrons. The maximum absolute atomic E-state index is 11.7. The van der Waals surface area contributed by atoms with Crippen molar-refractivity contribution in [1.29, 1.82) is 0 Å². The highest BCUT2D eigenvalue weighted by molar-refractivity contribution is 5.88. The number of carbonyl (C=O) groups is 1. The first-order chi connectivity index (χ1) is 9.17. The molecule has 3 heteroatoms. The van der Waals surface area contributed by atoms with E-state index in [9.17, 15) is 4.79 Å². The predicted molar refractivity (Wildman–Crippen MR) is 75.4 cm³/mol. The van der Waals surface area contributed by atoms with E-state index in [0.29, 0.717) is 11.7 Å². The second-order valence-corrected chi connectivity index (χ2v) is 4.66. The van der Waals surface area contributed by atoms with Crippen LogP contribution in [0.4, 0.5) is 0 Å². The minimum atomic E-state index is -0.451. The van der Waals surface area contributed by atoms with Gasteiger partial charge in [0, 0.05) is 0 Å². The lowest BCUT2D eigenvalue weighted by Crippen LogP contribution is -2.08. The molecular formula is C16H23O3. The highest BCUT2D eigenvalue weighted by atomic mass is 17.2. The molecule has 0 aromatic heterocycles. The summed E-state index contributed by atoms with van der Waals surface area (Å²) in [6.45, 7) is 5.91. The van der Waals surface area contributed by atoms with Crippen molar-refractivity contribution in [2.24, 2.45) is 0 Å². The van der Waals surface area contributed by atoms with Crippen molar-refractivity contribution < 1.29 is 14.6 Å². The second-order valence-electron chi connectivity index (χ2n) is 4.66. The van der Waals surface area contributed by atoms with Gasteiger partial charge in [0.25, 0.3) is 0 Å². The molecule has 1 aromatic rings. The van der Waals surface area contributed by atoms with Gasteiger partial charge in [-0.25, -0.2) is 4.79 Å². The van der Waals surface area contributed by atoms with Gasteiger partial charge in [0.1, 0.15) is 6.10 Å². The number of carbonyl (C=O) groups excluding carboxylic acids is 1. The summed E-state index contributed by atoms with van der Waals surface area (Å²) in [6.07, 6.45) is 6.11. The third-order valence-corrected chi connectivity index (χ3v) is 3.02. The first kappa shape index (κ1) is 15.7. The highest BCUT2D eigenvalue weighted by Crippen LogP contribution is 2.12. The van der Waals surface area contributed by atoms with E-state index < -0.39 is 5.97 Å². The number of rotatable bonds is 8. The molecule has 0 saturated carbocycles.